The van der Waals surface area contributed by atoms with Crippen LogP contribution in [0.4, 0.5) is 15.2 Å². The second kappa shape index (κ2) is 6.62. The molecule has 4 rings (SSSR count). The van der Waals surface area contributed by atoms with E-state index in [0.717, 1.165) is 19.9 Å². The van der Waals surface area contributed by atoms with Gasteiger partial charge in [-0.1, -0.05) is 17.4 Å². The Bertz CT molecular complexity index is 1120. The molecule has 0 saturated heterocycles. The van der Waals surface area contributed by atoms with E-state index < -0.39 is 0 Å². The van der Waals surface area contributed by atoms with Crippen LogP contribution in [0.25, 0.3) is 20.4 Å². The van der Waals surface area contributed by atoms with Gasteiger partial charge in [-0.05, 0) is 37.3 Å². The molecule has 26 heavy (non-hydrogen) atoms. The van der Waals surface area contributed by atoms with E-state index in [-0.39, 0.29) is 18.3 Å². The average Bonchev–Trinajstić information content (AvgIpc) is 3.17. The van der Waals surface area contributed by atoms with Crippen LogP contribution in [0.1, 0.15) is 5.01 Å². The summed E-state index contributed by atoms with van der Waals surface area (Å²) in [6.07, 6.45) is 0. The monoisotopic (exact) mass is 386 g/mol. The number of fused-ring (bicyclic) bond motifs is 2. The molecule has 0 spiro atoms. The van der Waals surface area contributed by atoms with Gasteiger partial charge in [0, 0.05) is 12.7 Å². The van der Waals surface area contributed by atoms with Gasteiger partial charge in [0.05, 0.1) is 26.5 Å². The van der Waals surface area contributed by atoms with E-state index in [1.54, 1.807) is 29.4 Å². The van der Waals surface area contributed by atoms with Crippen molar-refractivity contribution in [3.05, 3.63) is 47.2 Å². The Morgan fingerprint density at radius 3 is 2.85 bits per heavy atom. The number of anilines is 2. The van der Waals surface area contributed by atoms with E-state index in [2.05, 4.69) is 15.3 Å². The van der Waals surface area contributed by atoms with Gasteiger partial charge in [0.2, 0.25) is 5.91 Å². The van der Waals surface area contributed by atoms with Crippen LogP contribution >= 0.6 is 22.7 Å². The van der Waals surface area contributed by atoms with Gasteiger partial charge in [-0.25, -0.2) is 14.4 Å². The van der Waals surface area contributed by atoms with Crippen LogP contribution in [0.3, 0.4) is 0 Å². The van der Waals surface area contributed by atoms with Crippen LogP contribution in [0, 0.1) is 12.7 Å². The van der Waals surface area contributed by atoms with Crippen LogP contribution in [0.5, 0.6) is 0 Å². The number of hydrogen-bond acceptors (Lipinski definition) is 6. The number of aromatic nitrogens is 2. The average molecular weight is 386 g/mol. The van der Waals surface area contributed by atoms with E-state index in [0.29, 0.717) is 16.3 Å². The highest BCUT2D eigenvalue weighted by Crippen LogP contribution is 2.29. The zero-order chi connectivity index (χ0) is 18.3. The van der Waals surface area contributed by atoms with Gasteiger partial charge < -0.3 is 10.2 Å². The fraction of sp³-hybridized carbons (Fsp3) is 0.167. The second-order valence-corrected chi connectivity index (χ2v) is 8.15. The van der Waals surface area contributed by atoms with Crippen LogP contribution < -0.4 is 10.2 Å². The van der Waals surface area contributed by atoms with Gasteiger partial charge in [0.15, 0.2) is 5.13 Å². The minimum absolute atomic E-state index is 0.121. The minimum Gasteiger partial charge on any atom is -0.342 e. The predicted molar refractivity (Wildman–Crippen MR) is 106 cm³/mol. The first kappa shape index (κ1) is 16.9. The molecule has 0 radical (unpaired) electrons. The summed E-state index contributed by atoms with van der Waals surface area (Å²) < 4.78 is 15.6. The molecule has 0 aliphatic rings. The standard InChI is InChI=1S/C18H15FN4OS2/c1-10-20-13-8-11(6-7-14(13)25-10)21-16(24)9-23(2)18-22-17-12(19)4-3-5-15(17)26-18/h3-8H,9H2,1-2H3,(H,21,24). The normalized spacial score (nSPS) is 11.2. The molecule has 8 heteroatoms. The van der Waals surface area contributed by atoms with Crippen LogP contribution in [-0.4, -0.2) is 29.5 Å². The highest BCUT2D eigenvalue weighted by Gasteiger charge is 2.14. The maximum atomic E-state index is 13.8. The van der Waals surface area contributed by atoms with Crippen molar-refractivity contribution in [3.8, 4) is 0 Å². The third-order valence-electron chi connectivity index (χ3n) is 3.84. The molecule has 2 aromatic heterocycles. The quantitative estimate of drug-likeness (QED) is 0.564. The molecule has 5 nitrogen and oxygen atoms in total. The van der Waals surface area contributed by atoms with E-state index >= 15 is 0 Å². The molecule has 0 bridgehead atoms. The zero-order valence-corrected chi connectivity index (χ0v) is 15.7. The molecule has 0 saturated carbocycles. The maximum Gasteiger partial charge on any atom is 0.243 e. The Morgan fingerprint density at radius 1 is 1.19 bits per heavy atom. The van der Waals surface area contributed by atoms with Crippen molar-refractivity contribution in [2.75, 3.05) is 23.8 Å². The number of nitrogens with zero attached hydrogens (tertiary/aromatic N) is 3. The molecule has 0 atom stereocenters. The van der Waals surface area contributed by atoms with Crippen molar-refractivity contribution < 1.29 is 9.18 Å². The molecule has 2 aromatic carbocycles. The first-order chi connectivity index (χ1) is 12.5. The lowest BCUT2D eigenvalue weighted by molar-refractivity contribution is -0.114. The summed E-state index contributed by atoms with van der Waals surface area (Å²) in [5.41, 5.74) is 1.92. The van der Waals surface area contributed by atoms with E-state index in [4.69, 9.17) is 0 Å². The molecule has 132 valence electrons. The van der Waals surface area contributed by atoms with Gasteiger partial charge >= 0.3 is 0 Å². The molecular weight excluding hydrogens is 371 g/mol. The largest absolute Gasteiger partial charge is 0.342 e. The number of likely N-dealkylation sites (N-methyl/N-ethyl adjacent to an activating group) is 1. The molecule has 0 unspecified atom stereocenters. The van der Waals surface area contributed by atoms with Crippen molar-refractivity contribution in [2.24, 2.45) is 0 Å². The van der Waals surface area contributed by atoms with Crippen molar-refractivity contribution >= 4 is 59.8 Å². The summed E-state index contributed by atoms with van der Waals surface area (Å²) in [6.45, 7) is 2.08. The number of rotatable bonds is 4. The Kier molecular flexibility index (Phi) is 4.29. The fourth-order valence-corrected chi connectivity index (χ4v) is 4.42. The van der Waals surface area contributed by atoms with Gasteiger partial charge in [0.25, 0.3) is 0 Å². The number of halogens is 1. The third-order valence-corrected chi connectivity index (χ3v) is 5.93. The summed E-state index contributed by atoms with van der Waals surface area (Å²) in [5.74, 6) is -0.520. The lowest BCUT2D eigenvalue weighted by atomic mass is 10.3. The van der Waals surface area contributed by atoms with E-state index in [1.807, 2.05) is 31.2 Å². The Labute approximate surface area is 157 Å². The third kappa shape index (κ3) is 3.25. The molecule has 1 amide bonds. The van der Waals surface area contributed by atoms with Crippen molar-refractivity contribution in [1.82, 2.24) is 9.97 Å². The second-order valence-electron chi connectivity index (χ2n) is 5.90. The number of aryl methyl sites for hydroxylation is 1. The smallest absolute Gasteiger partial charge is 0.243 e. The number of carbonyl (C=O) groups excluding carboxylic acids is 1. The van der Waals surface area contributed by atoms with Crippen molar-refractivity contribution in [3.63, 3.8) is 0 Å². The van der Waals surface area contributed by atoms with E-state index in [9.17, 15) is 9.18 Å². The molecule has 0 aliphatic heterocycles. The molecule has 1 N–H and O–H groups in total. The SMILES string of the molecule is Cc1nc2cc(NC(=O)CN(C)c3nc4c(F)cccc4s3)ccc2s1. The van der Waals surface area contributed by atoms with Gasteiger partial charge in [-0.2, -0.15) is 0 Å². The number of hydrogen-bond donors (Lipinski definition) is 1. The van der Waals surface area contributed by atoms with Gasteiger partial charge in [0.1, 0.15) is 11.3 Å². The molecule has 4 aromatic rings. The summed E-state index contributed by atoms with van der Waals surface area (Å²) in [5, 5.41) is 4.47. The topological polar surface area (TPSA) is 58.1 Å². The molecule has 0 aliphatic carbocycles. The zero-order valence-electron chi connectivity index (χ0n) is 14.1. The number of nitrogens with one attached hydrogen (secondary N) is 1. The first-order valence-corrected chi connectivity index (χ1v) is 9.56. The molecule has 0 fully saturated rings. The summed E-state index contributed by atoms with van der Waals surface area (Å²) in [6, 6.07) is 10.5. The number of para-hydroxylation sites is 1. The van der Waals surface area contributed by atoms with Crippen LogP contribution in [-0.2, 0) is 4.79 Å². The highest BCUT2D eigenvalue weighted by atomic mass is 32.1. The van der Waals surface area contributed by atoms with Gasteiger partial charge in [-0.15, -0.1) is 11.3 Å². The Balaban J connectivity index is 1.48. The van der Waals surface area contributed by atoms with Crippen molar-refractivity contribution in [1.29, 1.82) is 0 Å². The maximum absolute atomic E-state index is 13.8. The Morgan fingerprint density at radius 2 is 2.04 bits per heavy atom. The fourth-order valence-electron chi connectivity index (χ4n) is 2.67. The number of amides is 1. The Hall–Kier alpha value is -2.58. The minimum atomic E-state index is -0.352. The first-order valence-electron chi connectivity index (χ1n) is 7.93. The number of benzene rings is 2. The van der Waals surface area contributed by atoms with E-state index in [1.165, 1.54) is 17.4 Å². The van der Waals surface area contributed by atoms with Crippen LogP contribution in [0.15, 0.2) is 36.4 Å². The van der Waals surface area contributed by atoms with Crippen molar-refractivity contribution in [2.45, 2.75) is 6.92 Å². The summed E-state index contributed by atoms with van der Waals surface area (Å²) in [7, 11) is 1.77. The highest BCUT2D eigenvalue weighted by molar-refractivity contribution is 7.22. The summed E-state index contributed by atoms with van der Waals surface area (Å²) >= 11 is 2.98. The molecule has 2 heterocycles. The number of thiazole rings is 2. The lowest BCUT2D eigenvalue weighted by Gasteiger charge is -2.15. The summed E-state index contributed by atoms with van der Waals surface area (Å²) in [4.78, 5) is 22.8. The lowest BCUT2D eigenvalue weighted by Crippen LogP contribution is -2.29. The molecular formula is C18H15FN4OS2. The van der Waals surface area contributed by atoms with Gasteiger partial charge in [-0.3, -0.25) is 4.79 Å². The number of carbonyl (C=O) groups is 1. The predicted octanol–water partition coefficient (Wildman–Crippen LogP) is 4.43. The van der Waals surface area contributed by atoms with Crippen LogP contribution in [0.2, 0.25) is 0 Å².